The van der Waals surface area contributed by atoms with Crippen molar-refractivity contribution in [3.05, 3.63) is 24.3 Å². The largest absolute Gasteiger partial charge is 0.491 e. The monoisotopic (exact) mass is 288 g/mol. The van der Waals surface area contributed by atoms with E-state index >= 15 is 0 Å². The number of fused-ring (bicyclic) bond motifs is 1. The van der Waals surface area contributed by atoms with E-state index in [1.54, 1.807) is 0 Å². The molecule has 0 aromatic heterocycles. The Morgan fingerprint density at radius 1 is 1.33 bits per heavy atom. The number of nitrogens with zero attached hydrogens (tertiary/aromatic N) is 1. The lowest BCUT2D eigenvalue weighted by Crippen LogP contribution is -2.45. The van der Waals surface area contributed by atoms with Crippen LogP contribution in [0.15, 0.2) is 24.3 Å². The first-order valence-corrected chi connectivity index (χ1v) is 8.39. The van der Waals surface area contributed by atoms with Crippen molar-refractivity contribution in [2.75, 3.05) is 31.1 Å². The maximum atomic E-state index is 6.22. The highest BCUT2D eigenvalue weighted by Crippen LogP contribution is 2.41. The number of hydrogen-bond acceptors (Lipinski definition) is 3. The van der Waals surface area contributed by atoms with Crippen LogP contribution in [-0.4, -0.2) is 26.2 Å². The molecule has 3 rings (SSSR count). The van der Waals surface area contributed by atoms with Crippen LogP contribution in [0, 0.1) is 11.3 Å². The molecule has 3 nitrogen and oxygen atoms in total. The van der Waals surface area contributed by atoms with Crippen molar-refractivity contribution in [1.82, 2.24) is 0 Å². The highest BCUT2D eigenvalue weighted by atomic mass is 16.5. The van der Waals surface area contributed by atoms with E-state index in [0.29, 0.717) is 0 Å². The molecule has 1 aliphatic carbocycles. The third kappa shape index (κ3) is 3.18. The molecule has 3 heteroatoms. The molecule has 2 atom stereocenters. The van der Waals surface area contributed by atoms with Gasteiger partial charge in [0, 0.05) is 18.5 Å². The molecule has 0 saturated heterocycles. The highest BCUT2D eigenvalue weighted by Gasteiger charge is 2.36. The van der Waals surface area contributed by atoms with Crippen LogP contribution in [0.2, 0.25) is 0 Å². The van der Waals surface area contributed by atoms with Gasteiger partial charge in [0.25, 0.3) is 0 Å². The van der Waals surface area contributed by atoms with E-state index in [1.807, 2.05) is 0 Å². The lowest BCUT2D eigenvalue weighted by Gasteiger charge is -2.43. The predicted octanol–water partition coefficient (Wildman–Crippen LogP) is 3.43. The molecule has 1 aromatic carbocycles. The van der Waals surface area contributed by atoms with Crippen molar-refractivity contribution in [1.29, 1.82) is 0 Å². The molecule has 1 saturated carbocycles. The minimum absolute atomic E-state index is 0.287. The van der Waals surface area contributed by atoms with Crippen LogP contribution in [-0.2, 0) is 0 Å². The van der Waals surface area contributed by atoms with Crippen molar-refractivity contribution in [2.24, 2.45) is 17.1 Å². The summed E-state index contributed by atoms with van der Waals surface area (Å²) in [5.74, 6) is 1.84. The second-order valence-electron chi connectivity index (χ2n) is 7.00. The molecule has 0 spiro atoms. The smallest absolute Gasteiger partial charge is 0.142 e. The first-order chi connectivity index (χ1) is 10.2. The summed E-state index contributed by atoms with van der Waals surface area (Å²) in [6, 6.07) is 8.45. The zero-order chi connectivity index (χ0) is 14.7. The first-order valence-electron chi connectivity index (χ1n) is 8.39. The van der Waals surface area contributed by atoms with Gasteiger partial charge in [-0.05, 0) is 43.9 Å². The summed E-state index contributed by atoms with van der Waals surface area (Å²) in [5, 5.41) is 0. The van der Waals surface area contributed by atoms with Crippen LogP contribution < -0.4 is 15.4 Å². The van der Waals surface area contributed by atoms with Gasteiger partial charge in [0.15, 0.2) is 0 Å². The van der Waals surface area contributed by atoms with E-state index < -0.39 is 0 Å². The third-order valence-corrected chi connectivity index (χ3v) is 5.18. The number of benzene rings is 1. The summed E-state index contributed by atoms with van der Waals surface area (Å²) >= 11 is 0. The number of para-hydroxylation sites is 2. The topological polar surface area (TPSA) is 38.5 Å². The normalized spacial score (nSPS) is 29.4. The van der Waals surface area contributed by atoms with Crippen LogP contribution in [0.1, 0.15) is 39.0 Å². The van der Waals surface area contributed by atoms with Gasteiger partial charge < -0.3 is 15.4 Å². The fourth-order valence-corrected chi connectivity index (χ4v) is 4.13. The van der Waals surface area contributed by atoms with Gasteiger partial charge in [-0.25, -0.2) is 0 Å². The Balaban J connectivity index is 1.82. The molecule has 2 aliphatic rings. The molecule has 0 radical (unpaired) electrons. The Labute approximate surface area is 128 Å². The molecule has 1 heterocycles. The molecule has 0 amide bonds. The van der Waals surface area contributed by atoms with Gasteiger partial charge in [0.1, 0.15) is 5.75 Å². The van der Waals surface area contributed by atoms with Crippen molar-refractivity contribution in [3.63, 3.8) is 0 Å². The Morgan fingerprint density at radius 3 is 3.00 bits per heavy atom. The summed E-state index contributed by atoms with van der Waals surface area (Å²) < 4.78 is 5.88. The Hall–Kier alpha value is -1.22. The van der Waals surface area contributed by atoms with E-state index in [2.05, 4.69) is 36.1 Å². The maximum Gasteiger partial charge on any atom is 0.142 e. The molecule has 1 aromatic rings. The standard InChI is InChI=1S/C18H28N2O/c1-15-6-4-9-18(12-15,13-19)14-20-10-5-11-21-17-8-3-2-7-16(17)20/h2-3,7-8,15H,4-6,9-14,19H2,1H3. The average Bonchev–Trinajstić information content (AvgIpc) is 2.70. The first kappa shape index (κ1) is 14.7. The molecular formula is C18H28N2O. The Bertz CT molecular complexity index is 476. The van der Waals surface area contributed by atoms with Gasteiger partial charge in [-0.15, -0.1) is 0 Å². The zero-order valence-corrected chi connectivity index (χ0v) is 13.2. The van der Waals surface area contributed by atoms with Gasteiger partial charge in [-0.3, -0.25) is 0 Å². The second kappa shape index (κ2) is 6.27. The van der Waals surface area contributed by atoms with Crippen LogP contribution in [0.25, 0.3) is 0 Å². The summed E-state index contributed by atoms with van der Waals surface area (Å²) in [6.45, 7) is 6.15. The lowest BCUT2D eigenvalue weighted by molar-refractivity contribution is 0.160. The quantitative estimate of drug-likeness (QED) is 0.926. The lowest BCUT2D eigenvalue weighted by atomic mass is 9.69. The maximum absolute atomic E-state index is 6.22. The molecule has 2 N–H and O–H groups in total. The molecule has 1 aliphatic heterocycles. The summed E-state index contributed by atoms with van der Waals surface area (Å²) in [7, 11) is 0. The Kier molecular flexibility index (Phi) is 4.39. The van der Waals surface area contributed by atoms with E-state index in [4.69, 9.17) is 10.5 Å². The van der Waals surface area contributed by atoms with Gasteiger partial charge in [0.2, 0.25) is 0 Å². The molecule has 21 heavy (non-hydrogen) atoms. The molecular weight excluding hydrogens is 260 g/mol. The number of anilines is 1. The van der Waals surface area contributed by atoms with Crippen LogP contribution in [0.4, 0.5) is 5.69 Å². The van der Waals surface area contributed by atoms with E-state index in [1.165, 1.54) is 31.4 Å². The molecule has 2 unspecified atom stereocenters. The van der Waals surface area contributed by atoms with Gasteiger partial charge in [-0.2, -0.15) is 0 Å². The van der Waals surface area contributed by atoms with E-state index in [9.17, 15) is 0 Å². The molecule has 1 fully saturated rings. The van der Waals surface area contributed by atoms with E-state index in [-0.39, 0.29) is 5.41 Å². The van der Waals surface area contributed by atoms with Crippen molar-refractivity contribution < 1.29 is 4.74 Å². The fraction of sp³-hybridized carbons (Fsp3) is 0.667. The minimum Gasteiger partial charge on any atom is -0.491 e. The molecule has 116 valence electrons. The van der Waals surface area contributed by atoms with Crippen LogP contribution >= 0.6 is 0 Å². The average molecular weight is 288 g/mol. The SMILES string of the molecule is CC1CCCC(CN)(CN2CCCOc3ccccc32)C1. The highest BCUT2D eigenvalue weighted by molar-refractivity contribution is 5.59. The number of ether oxygens (including phenoxy) is 1. The minimum atomic E-state index is 0.287. The Morgan fingerprint density at radius 2 is 2.19 bits per heavy atom. The number of hydrogen-bond donors (Lipinski definition) is 1. The number of nitrogens with two attached hydrogens (primary N) is 1. The predicted molar refractivity (Wildman–Crippen MR) is 87.9 cm³/mol. The van der Waals surface area contributed by atoms with Gasteiger partial charge in [0.05, 0.1) is 12.3 Å². The summed E-state index contributed by atoms with van der Waals surface area (Å²) in [5.41, 5.74) is 7.76. The van der Waals surface area contributed by atoms with E-state index in [0.717, 1.165) is 44.3 Å². The van der Waals surface area contributed by atoms with Gasteiger partial charge >= 0.3 is 0 Å². The number of rotatable bonds is 3. The van der Waals surface area contributed by atoms with Gasteiger partial charge in [-0.1, -0.05) is 31.9 Å². The zero-order valence-electron chi connectivity index (χ0n) is 13.2. The van der Waals surface area contributed by atoms with Crippen LogP contribution in [0.5, 0.6) is 5.75 Å². The van der Waals surface area contributed by atoms with Crippen molar-refractivity contribution in [3.8, 4) is 5.75 Å². The van der Waals surface area contributed by atoms with Crippen molar-refractivity contribution >= 4 is 5.69 Å². The fourth-order valence-electron chi connectivity index (χ4n) is 4.13. The summed E-state index contributed by atoms with van der Waals surface area (Å²) in [6.07, 6.45) is 6.31. The van der Waals surface area contributed by atoms with Crippen LogP contribution in [0.3, 0.4) is 0 Å². The third-order valence-electron chi connectivity index (χ3n) is 5.18. The second-order valence-corrected chi connectivity index (χ2v) is 7.00. The summed E-state index contributed by atoms with van der Waals surface area (Å²) in [4.78, 5) is 2.52. The molecule has 0 bridgehead atoms. The van der Waals surface area contributed by atoms with Crippen molar-refractivity contribution in [2.45, 2.75) is 39.0 Å².